The lowest BCUT2D eigenvalue weighted by Crippen LogP contribution is -2.44. The summed E-state index contributed by atoms with van der Waals surface area (Å²) in [5.41, 5.74) is 2.71. The SMILES string of the molecule is CC(C)(C)OC(=O)N1CCC(Oc2ccc(N3CCC[C@@H]3c3csc(NC(=O)c4cccn4Cc4ccnc(F)c4)n3)cc2)CC1. The van der Waals surface area contributed by atoms with Crippen molar-refractivity contribution in [3.63, 3.8) is 0 Å². The molecule has 5 heterocycles. The molecule has 2 aliphatic heterocycles. The summed E-state index contributed by atoms with van der Waals surface area (Å²) in [6.07, 6.45) is 6.52. The normalized spacial score (nSPS) is 17.3. The first-order chi connectivity index (χ1) is 22.1. The van der Waals surface area contributed by atoms with Crippen LogP contribution in [-0.4, -0.2) is 62.8 Å². The number of thiazole rings is 1. The molecule has 2 saturated heterocycles. The summed E-state index contributed by atoms with van der Waals surface area (Å²) in [4.78, 5) is 38.0. The third kappa shape index (κ3) is 7.67. The van der Waals surface area contributed by atoms with Crippen molar-refractivity contribution in [3.05, 3.63) is 89.2 Å². The molecular formula is C34H39FN6O4S. The third-order valence-electron chi connectivity index (χ3n) is 8.11. The minimum Gasteiger partial charge on any atom is -0.490 e. The van der Waals surface area contributed by atoms with E-state index in [1.54, 1.807) is 33.9 Å². The summed E-state index contributed by atoms with van der Waals surface area (Å²) in [5.74, 6) is -0.00674. The Hall–Kier alpha value is -4.45. The highest BCUT2D eigenvalue weighted by Gasteiger charge is 2.30. The van der Waals surface area contributed by atoms with Crippen molar-refractivity contribution in [1.29, 1.82) is 0 Å². The number of anilines is 2. The van der Waals surface area contributed by atoms with Crippen LogP contribution in [-0.2, 0) is 11.3 Å². The summed E-state index contributed by atoms with van der Waals surface area (Å²) in [6.45, 7) is 8.12. The summed E-state index contributed by atoms with van der Waals surface area (Å²) < 4.78 is 27.1. The van der Waals surface area contributed by atoms with Crippen LogP contribution in [0.3, 0.4) is 0 Å². The topological polar surface area (TPSA) is 102 Å². The number of carbonyl (C=O) groups excluding carboxylic acids is 2. The number of rotatable bonds is 8. The van der Waals surface area contributed by atoms with Crippen LogP contribution in [0, 0.1) is 5.95 Å². The number of ether oxygens (including phenoxy) is 2. The lowest BCUT2D eigenvalue weighted by molar-refractivity contribution is 0.0126. The molecule has 2 amide bonds. The van der Waals surface area contributed by atoms with E-state index in [-0.39, 0.29) is 24.1 Å². The molecule has 2 fully saturated rings. The number of likely N-dealkylation sites (tertiary alicyclic amines) is 1. The van der Waals surface area contributed by atoms with Gasteiger partial charge in [-0.3, -0.25) is 10.1 Å². The van der Waals surface area contributed by atoms with E-state index in [0.717, 1.165) is 54.9 Å². The van der Waals surface area contributed by atoms with Crippen LogP contribution in [0.5, 0.6) is 5.75 Å². The number of halogens is 1. The van der Waals surface area contributed by atoms with Crippen LogP contribution < -0.4 is 15.0 Å². The van der Waals surface area contributed by atoms with Gasteiger partial charge in [-0.05, 0) is 87.7 Å². The van der Waals surface area contributed by atoms with Crippen molar-refractivity contribution >= 4 is 34.2 Å². The number of nitrogens with one attached hydrogen (secondary N) is 1. The van der Waals surface area contributed by atoms with Gasteiger partial charge in [0.15, 0.2) is 5.13 Å². The molecule has 6 rings (SSSR count). The maximum Gasteiger partial charge on any atom is 0.410 e. The zero-order chi connectivity index (χ0) is 32.3. The Balaban J connectivity index is 1.03. The zero-order valence-corrected chi connectivity index (χ0v) is 27.1. The number of nitrogens with zero attached hydrogens (tertiary/aromatic N) is 5. The fourth-order valence-corrected chi connectivity index (χ4v) is 6.68. The van der Waals surface area contributed by atoms with Crippen molar-refractivity contribution < 1.29 is 23.5 Å². The van der Waals surface area contributed by atoms with Crippen molar-refractivity contribution in [1.82, 2.24) is 19.4 Å². The highest BCUT2D eigenvalue weighted by molar-refractivity contribution is 7.14. The minimum atomic E-state index is -0.551. The van der Waals surface area contributed by atoms with Crippen LogP contribution in [0.15, 0.2) is 66.3 Å². The van der Waals surface area contributed by atoms with Crippen LogP contribution in [0.25, 0.3) is 0 Å². The summed E-state index contributed by atoms with van der Waals surface area (Å²) in [5, 5.41) is 5.49. The second-order valence-corrected chi connectivity index (χ2v) is 13.5. The van der Waals surface area contributed by atoms with Crippen molar-refractivity contribution in [2.24, 2.45) is 0 Å². The largest absolute Gasteiger partial charge is 0.490 e. The highest BCUT2D eigenvalue weighted by Crippen LogP contribution is 2.38. The van der Waals surface area contributed by atoms with Gasteiger partial charge in [0.25, 0.3) is 5.91 Å². The number of hydrogen-bond donors (Lipinski definition) is 1. The molecule has 0 unspecified atom stereocenters. The Kier molecular flexibility index (Phi) is 9.25. The van der Waals surface area contributed by atoms with E-state index in [4.69, 9.17) is 14.5 Å². The van der Waals surface area contributed by atoms with Crippen LogP contribution in [0.1, 0.15) is 74.2 Å². The average molecular weight is 647 g/mol. The molecule has 0 saturated carbocycles. The first kappa shape index (κ1) is 31.5. The number of pyridine rings is 1. The Labute approximate surface area is 272 Å². The van der Waals surface area contributed by atoms with Crippen molar-refractivity contribution in [3.8, 4) is 5.75 Å². The molecule has 4 aromatic rings. The number of benzene rings is 1. The van der Waals surface area contributed by atoms with Gasteiger partial charge in [-0.2, -0.15) is 4.39 Å². The van der Waals surface area contributed by atoms with E-state index < -0.39 is 11.5 Å². The molecule has 0 radical (unpaired) electrons. The van der Waals surface area contributed by atoms with Gasteiger partial charge < -0.3 is 23.8 Å². The Bertz CT molecular complexity index is 1660. The van der Waals surface area contributed by atoms with Crippen molar-refractivity contribution in [2.75, 3.05) is 29.9 Å². The Morgan fingerprint density at radius 1 is 1.07 bits per heavy atom. The van der Waals surface area contributed by atoms with Gasteiger partial charge in [0.1, 0.15) is 23.1 Å². The molecule has 12 heteroatoms. The molecule has 46 heavy (non-hydrogen) atoms. The van der Waals surface area contributed by atoms with Gasteiger partial charge >= 0.3 is 6.09 Å². The lowest BCUT2D eigenvalue weighted by atomic mass is 10.1. The van der Waals surface area contributed by atoms with E-state index >= 15 is 0 Å². The van der Waals surface area contributed by atoms with Crippen LogP contribution in [0.2, 0.25) is 0 Å². The lowest BCUT2D eigenvalue weighted by Gasteiger charge is -2.33. The molecule has 1 aromatic carbocycles. The first-order valence-corrected chi connectivity index (χ1v) is 16.5. The third-order valence-corrected chi connectivity index (χ3v) is 8.88. The van der Waals surface area contributed by atoms with E-state index in [0.29, 0.717) is 30.5 Å². The number of amides is 2. The quantitative estimate of drug-likeness (QED) is 0.208. The fraction of sp³-hybridized carbons (Fsp3) is 0.412. The average Bonchev–Trinajstić information content (AvgIpc) is 3.79. The predicted molar refractivity (Wildman–Crippen MR) is 175 cm³/mol. The van der Waals surface area contributed by atoms with Crippen molar-refractivity contribution in [2.45, 2.75) is 70.7 Å². The molecule has 0 bridgehead atoms. The van der Waals surface area contributed by atoms with Gasteiger partial charge in [0.2, 0.25) is 5.95 Å². The number of piperidine rings is 1. The molecule has 1 atom stereocenters. The summed E-state index contributed by atoms with van der Waals surface area (Å²) in [6, 6.07) is 14.9. The molecule has 242 valence electrons. The van der Waals surface area contributed by atoms with Gasteiger partial charge in [-0.1, -0.05) is 0 Å². The van der Waals surface area contributed by atoms with Gasteiger partial charge in [0.05, 0.1) is 11.7 Å². The number of aromatic nitrogens is 3. The molecular weight excluding hydrogens is 607 g/mol. The Morgan fingerprint density at radius 3 is 2.59 bits per heavy atom. The molecule has 2 aliphatic rings. The maximum atomic E-state index is 13.6. The zero-order valence-electron chi connectivity index (χ0n) is 26.3. The monoisotopic (exact) mass is 646 g/mol. The molecule has 0 spiro atoms. The Morgan fingerprint density at radius 2 is 1.85 bits per heavy atom. The van der Waals surface area contributed by atoms with Gasteiger partial charge in [-0.25, -0.2) is 14.8 Å². The minimum absolute atomic E-state index is 0.0502. The molecule has 1 N–H and O–H groups in total. The molecule has 10 nitrogen and oxygen atoms in total. The first-order valence-electron chi connectivity index (χ1n) is 15.6. The predicted octanol–water partition coefficient (Wildman–Crippen LogP) is 6.90. The number of hydrogen-bond acceptors (Lipinski definition) is 8. The highest BCUT2D eigenvalue weighted by atomic mass is 32.1. The van der Waals surface area contributed by atoms with E-state index in [9.17, 15) is 14.0 Å². The summed E-state index contributed by atoms with van der Waals surface area (Å²) >= 11 is 1.41. The fourth-order valence-electron chi connectivity index (χ4n) is 5.93. The van der Waals surface area contributed by atoms with Crippen LogP contribution in [0.4, 0.5) is 20.0 Å². The number of carbonyl (C=O) groups is 2. The van der Waals surface area contributed by atoms with E-state index in [1.165, 1.54) is 23.6 Å². The van der Waals surface area contributed by atoms with E-state index in [2.05, 4.69) is 27.3 Å². The second-order valence-electron chi connectivity index (χ2n) is 12.7. The summed E-state index contributed by atoms with van der Waals surface area (Å²) in [7, 11) is 0. The van der Waals surface area contributed by atoms with Gasteiger partial charge in [-0.15, -0.1) is 11.3 Å². The van der Waals surface area contributed by atoms with E-state index in [1.807, 2.05) is 38.3 Å². The van der Waals surface area contributed by atoms with Gasteiger partial charge in [0, 0.05) is 62.5 Å². The smallest absolute Gasteiger partial charge is 0.410 e. The van der Waals surface area contributed by atoms with Crippen LogP contribution >= 0.6 is 11.3 Å². The maximum absolute atomic E-state index is 13.6. The second kappa shape index (κ2) is 13.5. The molecule has 3 aromatic heterocycles. The molecule has 0 aliphatic carbocycles. The standard InChI is InChI=1S/C34H39FN6O4S/c1-34(2,3)45-33(43)39-18-13-26(14-19-39)44-25-10-8-24(9-11-25)41-17-5-6-28(41)27-22-46-32(37-27)38-31(42)29-7-4-16-40(29)21-23-12-15-36-30(35)20-23/h4,7-12,15-16,20,22,26,28H,5-6,13-14,17-19,21H2,1-3H3,(H,37,38,42)/t28-/m1/s1.